The number of halogens is 1. The number of rotatable bonds is 2. The van der Waals surface area contributed by atoms with Crippen LogP contribution in [-0.2, 0) is 0 Å². The third kappa shape index (κ3) is 1.96. The van der Waals surface area contributed by atoms with Gasteiger partial charge in [0.25, 0.3) is 0 Å². The summed E-state index contributed by atoms with van der Waals surface area (Å²) in [4.78, 5) is 4.27. The van der Waals surface area contributed by atoms with Crippen LogP contribution in [0.5, 0.6) is 0 Å². The summed E-state index contributed by atoms with van der Waals surface area (Å²) in [5.74, 6) is 0.705. The van der Waals surface area contributed by atoms with Crippen LogP contribution in [0.3, 0.4) is 0 Å². The van der Waals surface area contributed by atoms with E-state index in [0.29, 0.717) is 5.76 Å². The molecule has 0 saturated heterocycles. The Labute approximate surface area is 96.4 Å². The molecule has 2 rings (SSSR count). The normalized spacial score (nSPS) is 12.7. The maximum absolute atomic E-state index is 6.08. The van der Waals surface area contributed by atoms with Gasteiger partial charge in [-0.2, -0.15) is 0 Å². The summed E-state index contributed by atoms with van der Waals surface area (Å²) in [7, 11) is 0. The molecule has 0 aliphatic carbocycles. The number of aryl methyl sites for hydroxylation is 1. The minimum absolute atomic E-state index is 0.324. The Morgan fingerprint density at radius 3 is 2.87 bits per heavy atom. The van der Waals surface area contributed by atoms with Gasteiger partial charge >= 0.3 is 0 Å². The Morgan fingerprint density at radius 1 is 1.47 bits per heavy atom. The van der Waals surface area contributed by atoms with Gasteiger partial charge in [0, 0.05) is 6.20 Å². The second kappa shape index (κ2) is 4.16. The van der Waals surface area contributed by atoms with Gasteiger partial charge in [0.2, 0.25) is 0 Å². The Balaban J connectivity index is 2.41. The molecule has 15 heavy (non-hydrogen) atoms. The van der Waals surface area contributed by atoms with Gasteiger partial charge in [0.05, 0.1) is 16.4 Å². The number of pyridine rings is 1. The lowest BCUT2D eigenvalue weighted by Crippen LogP contribution is -2.14. The lowest BCUT2D eigenvalue weighted by Gasteiger charge is -2.11. The van der Waals surface area contributed by atoms with E-state index in [1.54, 1.807) is 12.5 Å². The first kappa shape index (κ1) is 10.4. The van der Waals surface area contributed by atoms with Crippen LogP contribution in [0.1, 0.15) is 23.1 Å². The van der Waals surface area contributed by atoms with Gasteiger partial charge in [-0.25, -0.2) is 0 Å². The summed E-state index contributed by atoms with van der Waals surface area (Å²) in [6, 6.07) is 5.38. The molecule has 3 nitrogen and oxygen atoms in total. The van der Waals surface area contributed by atoms with E-state index >= 15 is 0 Å². The van der Waals surface area contributed by atoms with Crippen molar-refractivity contribution in [3.8, 4) is 0 Å². The topological polar surface area (TPSA) is 52.0 Å². The fourth-order valence-electron chi connectivity index (χ4n) is 1.48. The van der Waals surface area contributed by atoms with Crippen LogP contribution in [0.4, 0.5) is 0 Å². The first-order chi connectivity index (χ1) is 7.20. The van der Waals surface area contributed by atoms with Gasteiger partial charge in [-0.3, -0.25) is 4.98 Å². The second-order valence-corrected chi connectivity index (χ2v) is 4.17. The van der Waals surface area contributed by atoms with Crippen molar-refractivity contribution in [3.63, 3.8) is 0 Å². The maximum Gasteiger partial charge on any atom is 0.140 e. The van der Waals surface area contributed by atoms with Gasteiger partial charge < -0.3 is 10.2 Å². The second-order valence-electron chi connectivity index (χ2n) is 3.32. The number of nitrogens with two attached hydrogens (primary N) is 1. The van der Waals surface area contributed by atoms with Gasteiger partial charge in [-0.1, -0.05) is 6.07 Å². The summed E-state index contributed by atoms with van der Waals surface area (Å²) in [6.07, 6.45) is 3.34. The number of aromatic nitrogens is 1. The van der Waals surface area contributed by atoms with Crippen molar-refractivity contribution in [2.75, 3.05) is 0 Å². The minimum Gasteiger partial charge on any atom is -0.466 e. The van der Waals surface area contributed by atoms with Crippen molar-refractivity contribution in [3.05, 3.63) is 52.1 Å². The Kier molecular flexibility index (Phi) is 2.88. The number of furan rings is 1. The van der Waals surface area contributed by atoms with Crippen LogP contribution >= 0.6 is 15.9 Å². The third-order valence-corrected chi connectivity index (χ3v) is 2.93. The highest BCUT2D eigenvalue weighted by molar-refractivity contribution is 9.10. The Morgan fingerprint density at radius 2 is 2.27 bits per heavy atom. The molecule has 0 aromatic carbocycles. The molecule has 0 saturated carbocycles. The molecule has 0 fully saturated rings. The van der Waals surface area contributed by atoms with Crippen LogP contribution in [0, 0.1) is 6.92 Å². The molecule has 2 N–H and O–H groups in total. The zero-order valence-corrected chi connectivity index (χ0v) is 9.86. The van der Waals surface area contributed by atoms with Crippen LogP contribution in [0.25, 0.3) is 0 Å². The van der Waals surface area contributed by atoms with E-state index in [0.717, 1.165) is 15.7 Å². The fourth-order valence-corrected chi connectivity index (χ4v) is 1.92. The third-order valence-electron chi connectivity index (χ3n) is 2.27. The zero-order chi connectivity index (χ0) is 10.8. The summed E-state index contributed by atoms with van der Waals surface area (Å²) >= 11 is 3.39. The van der Waals surface area contributed by atoms with Gasteiger partial charge in [0.15, 0.2) is 0 Å². The molecule has 4 heteroatoms. The summed E-state index contributed by atoms with van der Waals surface area (Å²) in [5.41, 5.74) is 7.98. The molecule has 1 unspecified atom stereocenters. The number of hydrogen-bond acceptors (Lipinski definition) is 3. The highest BCUT2D eigenvalue weighted by atomic mass is 79.9. The number of nitrogens with zero attached hydrogens (tertiary/aromatic N) is 1. The quantitative estimate of drug-likeness (QED) is 0.910. The zero-order valence-electron chi connectivity index (χ0n) is 8.27. The molecular weight excluding hydrogens is 256 g/mol. The molecule has 2 heterocycles. The van der Waals surface area contributed by atoms with E-state index in [1.165, 1.54) is 0 Å². The Hall–Kier alpha value is -1.13. The molecule has 0 aliphatic rings. The lowest BCUT2D eigenvalue weighted by atomic mass is 10.1. The summed E-state index contributed by atoms with van der Waals surface area (Å²) in [5, 5.41) is 0. The predicted octanol–water partition coefficient (Wildman–Crippen LogP) is 2.79. The molecule has 0 radical (unpaired) electrons. The van der Waals surface area contributed by atoms with Crippen LogP contribution < -0.4 is 5.73 Å². The van der Waals surface area contributed by atoms with Crippen molar-refractivity contribution in [2.45, 2.75) is 13.0 Å². The van der Waals surface area contributed by atoms with Gasteiger partial charge in [-0.05, 0) is 40.5 Å². The van der Waals surface area contributed by atoms with E-state index in [-0.39, 0.29) is 6.04 Å². The molecule has 0 amide bonds. The minimum atomic E-state index is -0.324. The molecule has 1 atom stereocenters. The smallest absolute Gasteiger partial charge is 0.140 e. The van der Waals surface area contributed by atoms with E-state index < -0.39 is 0 Å². The first-order valence-electron chi connectivity index (χ1n) is 4.60. The van der Waals surface area contributed by atoms with E-state index in [9.17, 15) is 0 Å². The molecular formula is C11H11BrN2O. The van der Waals surface area contributed by atoms with Crippen molar-refractivity contribution >= 4 is 15.9 Å². The van der Waals surface area contributed by atoms with E-state index in [2.05, 4.69) is 20.9 Å². The van der Waals surface area contributed by atoms with Crippen molar-refractivity contribution < 1.29 is 4.42 Å². The van der Waals surface area contributed by atoms with Gasteiger partial charge in [-0.15, -0.1) is 0 Å². The molecule has 2 aromatic heterocycles. The fraction of sp³-hybridized carbons (Fsp3) is 0.182. The average Bonchev–Trinajstić information content (AvgIpc) is 2.64. The molecule has 78 valence electrons. The maximum atomic E-state index is 6.08. The van der Waals surface area contributed by atoms with Crippen LogP contribution in [-0.4, -0.2) is 4.98 Å². The van der Waals surface area contributed by atoms with Gasteiger partial charge in [0.1, 0.15) is 11.8 Å². The standard InChI is InChI=1S/C11H11BrN2O/c1-7-3-2-5-14-10(7)9(13)11-8(12)4-6-15-11/h2-6,9H,13H2,1H3. The summed E-state index contributed by atoms with van der Waals surface area (Å²) < 4.78 is 6.20. The van der Waals surface area contributed by atoms with E-state index in [1.807, 2.05) is 25.1 Å². The monoisotopic (exact) mass is 266 g/mol. The largest absolute Gasteiger partial charge is 0.466 e. The number of hydrogen-bond donors (Lipinski definition) is 1. The molecule has 0 bridgehead atoms. The van der Waals surface area contributed by atoms with E-state index in [4.69, 9.17) is 10.2 Å². The van der Waals surface area contributed by atoms with Crippen LogP contribution in [0.2, 0.25) is 0 Å². The highest BCUT2D eigenvalue weighted by Gasteiger charge is 2.18. The first-order valence-corrected chi connectivity index (χ1v) is 5.39. The molecule has 2 aromatic rings. The molecule has 0 spiro atoms. The SMILES string of the molecule is Cc1cccnc1C(N)c1occc1Br. The predicted molar refractivity (Wildman–Crippen MR) is 61.4 cm³/mol. The van der Waals surface area contributed by atoms with Crippen LogP contribution in [0.15, 0.2) is 39.5 Å². The lowest BCUT2D eigenvalue weighted by molar-refractivity contribution is 0.483. The van der Waals surface area contributed by atoms with Crippen molar-refractivity contribution in [2.24, 2.45) is 5.73 Å². The Bertz CT molecular complexity index is 467. The summed E-state index contributed by atoms with van der Waals surface area (Å²) in [6.45, 7) is 1.99. The average molecular weight is 267 g/mol. The van der Waals surface area contributed by atoms with Crippen molar-refractivity contribution in [1.82, 2.24) is 4.98 Å². The van der Waals surface area contributed by atoms with Crippen molar-refractivity contribution in [1.29, 1.82) is 0 Å². The highest BCUT2D eigenvalue weighted by Crippen LogP contribution is 2.27. The molecule has 0 aliphatic heterocycles.